The van der Waals surface area contributed by atoms with Crippen molar-refractivity contribution >= 4 is 5.91 Å². The van der Waals surface area contributed by atoms with Gasteiger partial charge in [0.25, 0.3) is 5.91 Å². The molecule has 3 atom stereocenters. The maximum absolute atomic E-state index is 13.9. The predicted molar refractivity (Wildman–Crippen MR) is 85.2 cm³/mol. The van der Waals surface area contributed by atoms with Crippen LogP contribution < -0.4 is 0 Å². The molecule has 0 spiro atoms. The van der Waals surface area contributed by atoms with Crippen molar-refractivity contribution in [1.82, 2.24) is 9.96 Å². The van der Waals surface area contributed by atoms with Gasteiger partial charge in [-0.3, -0.25) is 14.5 Å². The number of ether oxygens (including phenoxy) is 1. The second-order valence-electron chi connectivity index (χ2n) is 6.98. The number of benzene rings is 1. The van der Waals surface area contributed by atoms with E-state index in [9.17, 15) is 9.18 Å². The van der Waals surface area contributed by atoms with Gasteiger partial charge in [0.1, 0.15) is 5.82 Å². The molecule has 4 rings (SSSR count). The first-order valence-electron chi connectivity index (χ1n) is 8.70. The highest BCUT2D eigenvalue weighted by molar-refractivity contribution is 5.78. The Labute approximate surface area is 141 Å². The first kappa shape index (κ1) is 16.0. The van der Waals surface area contributed by atoms with Crippen LogP contribution >= 0.6 is 0 Å². The van der Waals surface area contributed by atoms with E-state index in [4.69, 9.17) is 9.57 Å². The van der Waals surface area contributed by atoms with Gasteiger partial charge in [-0.25, -0.2) is 9.45 Å². The third-order valence-corrected chi connectivity index (χ3v) is 5.38. The number of hydrogen-bond acceptors (Lipinski definition) is 4. The van der Waals surface area contributed by atoms with Gasteiger partial charge >= 0.3 is 0 Å². The third kappa shape index (κ3) is 3.06. The van der Waals surface area contributed by atoms with Crippen molar-refractivity contribution in [2.45, 2.75) is 13.0 Å². The molecule has 0 unspecified atom stereocenters. The number of hydrogen-bond donors (Lipinski definition) is 0. The highest BCUT2D eigenvalue weighted by Crippen LogP contribution is 2.36. The molecule has 6 heteroatoms. The summed E-state index contributed by atoms with van der Waals surface area (Å²) in [5.74, 6) is 0.341. The zero-order chi connectivity index (χ0) is 16.5. The lowest BCUT2D eigenvalue weighted by Gasteiger charge is -2.33. The molecule has 0 saturated carbocycles. The molecule has 3 fully saturated rings. The normalized spacial score (nSPS) is 30.5. The van der Waals surface area contributed by atoms with Crippen LogP contribution in [0.5, 0.6) is 0 Å². The van der Waals surface area contributed by atoms with Crippen LogP contribution in [0.1, 0.15) is 12.0 Å². The average Bonchev–Trinajstić information content (AvgIpc) is 3.25. The first-order chi connectivity index (χ1) is 11.7. The number of amides is 1. The molecule has 3 aliphatic rings. The molecule has 3 heterocycles. The Morgan fingerprint density at radius 1 is 1.25 bits per heavy atom. The van der Waals surface area contributed by atoms with Gasteiger partial charge in [-0.15, -0.1) is 0 Å². The van der Waals surface area contributed by atoms with Crippen LogP contribution in [0, 0.1) is 23.6 Å². The first-order valence-corrected chi connectivity index (χ1v) is 8.70. The molecule has 1 aromatic rings. The highest BCUT2D eigenvalue weighted by atomic mass is 19.1. The summed E-state index contributed by atoms with van der Waals surface area (Å²) >= 11 is 0. The molecule has 0 aliphatic carbocycles. The van der Waals surface area contributed by atoms with Crippen molar-refractivity contribution in [2.75, 3.05) is 39.5 Å². The molecule has 3 aliphatic heterocycles. The minimum atomic E-state index is -0.165. The van der Waals surface area contributed by atoms with Crippen LogP contribution in [-0.2, 0) is 20.9 Å². The summed E-state index contributed by atoms with van der Waals surface area (Å²) in [6.07, 6.45) is 0.896. The maximum Gasteiger partial charge on any atom is 0.251 e. The number of carbonyl (C=O) groups is 1. The second kappa shape index (κ2) is 6.78. The van der Waals surface area contributed by atoms with E-state index in [1.54, 1.807) is 6.07 Å². The quantitative estimate of drug-likeness (QED) is 0.844. The van der Waals surface area contributed by atoms with Gasteiger partial charge in [-0.05, 0) is 24.3 Å². The Kier molecular flexibility index (Phi) is 4.52. The predicted octanol–water partition coefficient (Wildman–Crippen LogP) is 1.68. The smallest absolute Gasteiger partial charge is 0.251 e. The molecule has 0 radical (unpaired) electrons. The molecule has 1 aromatic carbocycles. The van der Waals surface area contributed by atoms with Crippen molar-refractivity contribution < 1.29 is 18.8 Å². The molecule has 0 N–H and O–H groups in total. The minimum Gasteiger partial charge on any atom is -0.380 e. The summed E-state index contributed by atoms with van der Waals surface area (Å²) in [5, 5.41) is 1.51. The van der Waals surface area contributed by atoms with Crippen LogP contribution in [0.4, 0.5) is 4.39 Å². The van der Waals surface area contributed by atoms with Gasteiger partial charge in [-0.2, -0.15) is 0 Å². The van der Waals surface area contributed by atoms with Crippen LogP contribution in [0.25, 0.3) is 0 Å². The average molecular weight is 334 g/mol. The summed E-state index contributed by atoms with van der Waals surface area (Å²) in [6, 6.07) is 6.90. The van der Waals surface area contributed by atoms with E-state index in [0.717, 1.165) is 19.5 Å². The maximum atomic E-state index is 13.9. The van der Waals surface area contributed by atoms with Crippen LogP contribution in [0.2, 0.25) is 0 Å². The summed E-state index contributed by atoms with van der Waals surface area (Å²) < 4.78 is 19.6. The number of rotatable bonds is 3. The van der Waals surface area contributed by atoms with E-state index in [0.29, 0.717) is 44.4 Å². The largest absolute Gasteiger partial charge is 0.380 e. The van der Waals surface area contributed by atoms with E-state index in [1.165, 1.54) is 11.1 Å². The summed E-state index contributed by atoms with van der Waals surface area (Å²) in [7, 11) is 0. The number of halogens is 1. The molecule has 5 nitrogen and oxygen atoms in total. The van der Waals surface area contributed by atoms with Crippen molar-refractivity contribution in [1.29, 1.82) is 0 Å². The Hall–Kier alpha value is -1.50. The van der Waals surface area contributed by atoms with Gasteiger partial charge in [0.05, 0.1) is 32.3 Å². The van der Waals surface area contributed by atoms with E-state index < -0.39 is 0 Å². The Bertz CT molecular complexity index is 606. The minimum absolute atomic E-state index is 0.0509. The van der Waals surface area contributed by atoms with Crippen molar-refractivity contribution in [3.8, 4) is 0 Å². The van der Waals surface area contributed by atoms with Gasteiger partial charge in [-0.1, -0.05) is 18.2 Å². The Morgan fingerprint density at radius 2 is 2.12 bits per heavy atom. The Morgan fingerprint density at radius 3 is 2.92 bits per heavy atom. The molecule has 130 valence electrons. The number of hydroxylamine groups is 2. The summed E-state index contributed by atoms with van der Waals surface area (Å²) in [4.78, 5) is 20.4. The van der Waals surface area contributed by atoms with Gasteiger partial charge in [0, 0.05) is 25.2 Å². The fourth-order valence-electron chi connectivity index (χ4n) is 4.15. The lowest BCUT2D eigenvalue weighted by molar-refractivity contribution is -0.181. The lowest BCUT2D eigenvalue weighted by Crippen LogP contribution is -2.45. The standard InChI is InChI=1S/C18H23FN2O3/c19-17-5-2-1-4-13(17)8-20-9-14-11-23-12-16(15(14)10-20)18(22)21-6-3-7-24-21/h1-2,4-5,14-16H,3,6-12H2/t14-,15-,16-/m1/s1. The van der Waals surface area contributed by atoms with Gasteiger partial charge in [0.15, 0.2) is 0 Å². The van der Waals surface area contributed by atoms with Crippen LogP contribution in [0.15, 0.2) is 24.3 Å². The molecule has 0 aromatic heterocycles. The van der Waals surface area contributed by atoms with Gasteiger partial charge < -0.3 is 4.74 Å². The van der Waals surface area contributed by atoms with E-state index in [1.807, 2.05) is 12.1 Å². The molecular weight excluding hydrogens is 311 g/mol. The van der Waals surface area contributed by atoms with Crippen molar-refractivity contribution in [3.63, 3.8) is 0 Å². The number of likely N-dealkylation sites (tertiary alicyclic amines) is 1. The fourth-order valence-corrected chi connectivity index (χ4v) is 4.15. The molecule has 1 amide bonds. The zero-order valence-corrected chi connectivity index (χ0v) is 13.7. The van der Waals surface area contributed by atoms with Crippen molar-refractivity contribution in [2.24, 2.45) is 17.8 Å². The topological polar surface area (TPSA) is 42.0 Å². The molecule has 24 heavy (non-hydrogen) atoms. The lowest BCUT2D eigenvalue weighted by atomic mass is 9.82. The Balaban J connectivity index is 1.44. The van der Waals surface area contributed by atoms with E-state index in [2.05, 4.69) is 4.90 Å². The third-order valence-electron chi connectivity index (χ3n) is 5.38. The molecule has 0 bridgehead atoms. The van der Waals surface area contributed by atoms with E-state index in [-0.39, 0.29) is 23.6 Å². The number of nitrogens with zero attached hydrogens (tertiary/aromatic N) is 2. The highest BCUT2D eigenvalue weighted by Gasteiger charge is 2.45. The van der Waals surface area contributed by atoms with Gasteiger partial charge in [0.2, 0.25) is 0 Å². The number of carbonyl (C=O) groups excluding carboxylic acids is 1. The summed E-state index contributed by atoms with van der Waals surface area (Å²) in [6.45, 7) is 4.69. The fraction of sp³-hybridized carbons (Fsp3) is 0.611. The van der Waals surface area contributed by atoms with Crippen LogP contribution in [0.3, 0.4) is 0 Å². The molecule has 3 saturated heterocycles. The van der Waals surface area contributed by atoms with Crippen LogP contribution in [-0.4, -0.2) is 55.3 Å². The SMILES string of the molecule is O=C([C@@H]1COC[C@H]2CN(Cc3ccccc3F)C[C@H]21)N1CCCO1. The van der Waals surface area contributed by atoms with Crippen molar-refractivity contribution in [3.05, 3.63) is 35.6 Å². The monoisotopic (exact) mass is 334 g/mol. The molecular formula is C18H23FN2O3. The zero-order valence-electron chi connectivity index (χ0n) is 13.7. The summed E-state index contributed by atoms with van der Waals surface area (Å²) in [5.41, 5.74) is 0.711. The second-order valence-corrected chi connectivity index (χ2v) is 6.98. The number of fused-ring (bicyclic) bond motifs is 1. The van der Waals surface area contributed by atoms with E-state index >= 15 is 0 Å².